The molecule has 7 aromatic rings. The molecule has 3 aromatic heterocycles. The van der Waals surface area contributed by atoms with Crippen molar-refractivity contribution in [3.05, 3.63) is 186 Å². The van der Waals surface area contributed by atoms with Crippen molar-refractivity contribution in [2.24, 2.45) is 5.73 Å². The molecule has 0 fully saturated rings. The van der Waals surface area contributed by atoms with Crippen LogP contribution in [0.4, 0.5) is 0 Å². The number of fused-ring (bicyclic) bond motifs is 10. The molecule has 6 heteroatoms. The highest BCUT2D eigenvalue weighted by atomic mass is 16.5. The van der Waals surface area contributed by atoms with E-state index in [1.165, 1.54) is 45.8 Å². The van der Waals surface area contributed by atoms with E-state index in [0.29, 0.717) is 18.2 Å². The molecule has 6 nitrogen and oxygen atoms in total. The summed E-state index contributed by atoms with van der Waals surface area (Å²) in [6, 6.07) is 38.6. The number of nitrogens with two attached hydrogens (primary N) is 1. The van der Waals surface area contributed by atoms with Crippen LogP contribution in [0.15, 0.2) is 152 Å². The van der Waals surface area contributed by atoms with Crippen LogP contribution < -0.4 is 5.73 Å². The minimum atomic E-state index is -0.618. The van der Waals surface area contributed by atoms with Crippen LogP contribution in [0, 0.1) is 0 Å². The Kier molecular flexibility index (Phi) is 7.11. The molecule has 0 atom stereocenters. The number of nitrogens with zero attached hydrogens (tertiary/aromatic N) is 3. The molecule has 244 valence electrons. The summed E-state index contributed by atoms with van der Waals surface area (Å²) in [5, 5.41) is 0. The molecule has 0 aliphatic heterocycles. The Morgan fingerprint density at radius 3 is 2.12 bits per heavy atom. The van der Waals surface area contributed by atoms with Crippen molar-refractivity contribution < 1.29 is 9.15 Å². The van der Waals surface area contributed by atoms with Crippen molar-refractivity contribution >= 4 is 12.2 Å². The van der Waals surface area contributed by atoms with Crippen LogP contribution in [0.3, 0.4) is 0 Å². The molecule has 2 N–H and O–H groups in total. The number of pyridine rings is 2. The fraction of sp³-hybridized carbons (Fsp3) is 0.0444. The van der Waals surface area contributed by atoms with Crippen LogP contribution in [0.1, 0.15) is 39.1 Å². The van der Waals surface area contributed by atoms with Crippen molar-refractivity contribution in [2.75, 3.05) is 0 Å². The zero-order valence-corrected chi connectivity index (χ0v) is 27.7. The highest BCUT2D eigenvalue weighted by Crippen LogP contribution is 2.64. The monoisotopic (exact) mass is 660 g/mol. The lowest BCUT2D eigenvalue weighted by molar-refractivity contribution is 0.232. The highest BCUT2D eigenvalue weighted by Gasteiger charge is 2.52. The molecule has 0 saturated heterocycles. The molecule has 0 saturated carbocycles. The summed E-state index contributed by atoms with van der Waals surface area (Å²) >= 11 is 0. The number of benzene rings is 4. The fourth-order valence-corrected chi connectivity index (χ4v) is 8.10. The van der Waals surface area contributed by atoms with Crippen LogP contribution in [0.2, 0.25) is 0 Å². The highest BCUT2D eigenvalue weighted by molar-refractivity contribution is 6.01. The lowest BCUT2D eigenvalue weighted by Crippen LogP contribution is -2.26. The van der Waals surface area contributed by atoms with Gasteiger partial charge in [-0.15, -0.1) is 0 Å². The number of rotatable bonds is 8. The Morgan fingerprint density at radius 1 is 0.667 bits per heavy atom. The van der Waals surface area contributed by atoms with E-state index in [1.807, 2.05) is 48.6 Å². The first-order valence-corrected chi connectivity index (χ1v) is 16.8. The SMILES string of the molecule is C=Cc1c(-c2cccc(CO/C=C\N)n2)cc2c(c1C=C)-c1ccc(-c3cccc(-c4ncco4)n3)cc1C21c2ccccc2-c2ccccc21. The molecular formula is C45H32N4O2. The summed E-state index contributed by atoms with van der Waals surface area (Å²) in [5.74, 6) is 0.487. The molecule has 0 unspecified atom stereocenters. The molecule has 0 radical (unpaired) electrons. The molecular weight excluding hydrogens is 629 g/mol. The Labute approximate surface area is 296 Å². The van der Waals surface area contributed by atoms with Crippen molar-refractivity contribution in [3.63, 3.8) is 0 Å². The van der Waals surface area contributed by atoms with Gasteiger partial charge < -0.3 is 14.9 Å². The maximum atomic E-state index is 5.60. The smallest absolute Gasteiger partial charge is 0.245 e. The van der Waals surface area contributed by atoms with Crippen LogP contribution in [0.25, 0.3) is 68.5 Å². The van der Waals surface area contributed by atoms with Gasteiger partial charge in [-0.05, 0) is 92.0 Å². The average molecular weight is 661 g/mol. The van der Waals surface area contributed by atoms with Crippen molar-refractivity contribution in [2.45, 2.75) is 12.0 Å². The van der Waals surface area contributed by atoms with Gasteiger partial charge in [-0.3, -0.25) is 0 Å². The van der Waals surface area contributed by atoms with Gasteiger partial charge in [-0.1, -0.05) is 98.1 Å². The third-order valence-corrected chi connectivity index (χ3v) is 10.1. The summed E-state index contributed by atoms with van der Waals surface area (Å²) in [6.45, 7) is 8.95. The maximum Gasteiger partial charge on any atom is 0.245 e. The van der Waals surface area contributed by atoms with Crippen LogP contribution in [0.5, 0.6) is 0 Å². The molecule has 3 heterocycles. The second-order valence-electron chi connectivity index (χ2n) is 12.6. The third-order valence-electron chi connectivity index (χ3n) is 10.1. The molecule has 1 spiro atoms. The van der Waals surface area contributed by atoms with E-state index < -0.39 is 5.41 Å². The number of hydrogen-bond acceptors (Lipinski definition) is 6. The van der Waals surface area contributed by atoms with Gasteiger partial charge in [0.1, 0.15) is 18.6 Å². The molecule has 2 aliphatic rings. The lowest BCUT2D eigenvalue weighted by Gasteiger charge is -2.31. The van der Waals surface area contributed by atoms with Crippen LogP contribution >= 0.6 is 0 Å². The number of hydrogen-bond donors (Lipinski definition) is 1. The van der Waals surface area contributed by atoms with Crippen LogP contribution in [-0.2, 0) is 16.8 Å². The topological polar surface area (TPSA) is 87.1 Å². The lowest BCUT2D eigenvalue weighted by atomic mass is 9.69. The maximum absolute atomic E-state index is 5.60. The van der Waals surface area contributed by atoms with Gasteiger partial charge >= 0.3 is 0 Å². The fourth-order valence-electron chi connectivity index (χ4n) is 8.10. The van der Waals surface area contributed by atoms with E-state index in [2.05, 4.69) is 90.9 Å². The minimum absolute atomic E-state index is 0.300. The summed E-state index contributed by atoms with van der Waals surface area (Å²) < 4.78 is 11.2. The van der Waals surface area contributed by atoms with Gasteiger partial charge in [0, 0.05) is 17.3 Å². The quantitative estimate of drug-likeness (QED) is 0.163. The normalized spacial score (nSPS) is 13.1. The molecule has 0 amide bonds. The van der Waals surface area contributed by atoms with Gasteiger partial charge in [0.25, 0.3) is 0 Å². The Bertz CT molecular complexity index is 2500. The average Bonchev–Trinajstić information content (AvgIpc) is 3.90. The van der Waals surface area contributed by atoms with E-state index in [-0.39, 0.29) is 0 Å². The van der Waals surface area contributed by atoms with E-state index >= 15 is 0 Å². The first-order valence-electron chi connectivity index (χ1n) is 16.8. The number of aromatic nitrogens is 3. The van der Waals surface area contributed by atoms with Gasteiger partial charge in [-0.25, -0.2) is 15.0 Å². The molecule has 4 aromatic carbocycles. The first-order chi connectivity index (χ1) is 25.2. The van der Waals surface area contributed by atoms with E-state index in [4.69, 9.17) is 24.9 Å². The van der Waals surface area contributed by atoms with Crippen molar-refractivity contribution in [1.82, 2.24) is 15.0 Å². The van der Waals surface area contributed by atoms with E-state index in [9.17, 15) is 0 Å². The van der Waals surface area contributed by atoms with E-state index in [1.54, 1.807) is 12.5 Å². The molecule has 9 rings (SSSR count). The Morgan fingerprint density at radius 2 is 1.39 bits per heavy atom. The zero-order chi connectivity index (χ0) is 34.5. The largest absolute Gasteiger partial charge is 0.493 e. The van der Waals surface area contributed by atoms with Crippen molar-refractivity contribution in [3.8, 4) is 56.4 Å². The summed E-state index contributed by atoms with van der Waals surface area (Å²) in [4.78, 5) is 14.4. The Balaban J connectivity index is 1.35. The van der Waals surface area contributed by atoms with Gasteiger partial charge in [0.05, 0.1) is 35.0 Å². The van der Waals surface area contributed by atoms with Gasteiger partial charge in [0.15, 0.2) is 0 Å². The standard InChI is InChI=1S/C45H32N4O2/c1-3-30-31(4-2)43-34-20-19-28(40-16-10-18-42(49-40)44-47-22-24-51-44)25-38(34)45(36-14-7-5-12-32(36)33-13-6-8-15-37(33)45)39(43)26-35(30)41-17-9-11-29(48-41)27-50-23-21-46/h3-26H,1-2,27,46H2/b23-21-. The summed E-state index contributed by atoms with van der Waals surface area (Å²) in [5.41, 5.74) is 21.6. The van der Waals surface area contributed by atoms with Crippen LogP contribution in [-0.4, -0.2) is 15.0 Å². The molecule has 0 bridgehead atoms. The minimum Gasteiger partial charge on any atom is -0.493 e. The predicted molar refractivity (Wildman–Crippen MR) is 203 cm³/mol. The third kappa shape index (κ3) is 4.46. The second-order valence-corrected chi connectivity index (χ2v) is 12.6. The zero-order valence-electron chi connectivity index (χ0n) is 27.7. The first kappa shape index (κ1) is 30.3. The van der Waals surface area contributed by atoms with Crippen molar-refractivity contribution in [1.29, 1.82) is 0 Å². The Hall–Kier alpha value is -6.79. The van der Waals surface area contributed by atoms with Gasteiger partial charge in [-0.2, -0.15) is 0 Å². The molecule has 51 heavy (non-hydrogen) atoms. The summed E-state index contributed by atoms with van der Waals surface area (Å²) in [6.07, 6.45) is 9.93. The predicted octanol–water partition coefficient (Wildman–Crippen LogP) is 10.0. The number of oxazole rings is 1. The van der Waals surface area contributed by atoms with Gasteiger partial charge in [0.2, 0.25) is 5.89 Å². The molecule has 2 aliphatic carbocycles. The summed E-state index contributed by atoms with van der Waals surface area (Å²) in [7, 11) is 0. The second kappa shape index (κ2) is 12.0. The number of ether oxygens (including phenoxy) is 1. The van der Waals surface area contributed by atoms with E-state index in [0.717, 1.165) is 50.5 Å².